The van der Waals surface area contributed by atoms with E-state index in [4.69, 9.17) is 4.74 Å². The van der Waals surface area contributed by atoms with E-state index in [1.54, 1.807) is 16.8 Å². The molecule has 6 heteroatoms. The molecule has 1 N–H and O–H groups in total. The molecule has 4 rings (SSSR count). The van der Waals surface area contributed by atoms with Crippen molar-refractivity contribution in [2.75, 3.05) is 19.8 Å². The Bertz CT molecular complexity index is 703. The Kier molecular flexibility index (Phi) is 4.83. The molecule has 1 aliphatic heterocycles. The van der Waals surface area contributed by atoms with Gasteiger partial charge in [-0.05, 0) is 43.2 Å². The second-order valence-electron chi connectivity index (χ2n) is 7.00. The first kappa shape index (κ1) is 16.7. The molecule has 25 heavy (non-hydrogen) atoms. The first-order chi connectivity index (χ1) is 12.2. The summed E-state index contributed by atoms with van der Waals surface area (Å²) < 4.78 is 20.5. The number of benzene rings is 1. The molecule has 134 valence electrons. The minimum atomic E-state index is -0.248. The predicted molar refractivity (Wildman–Crippen MR) is 91.9 cm³/mol. The van der Waals surface area contributed by atoms with Crippen LogP contribution in [0.4, 0.5) is 4.39 Å². The fraction of sp³-hybridized carbons (Fsp3) is 0.526. The van der Waals surface area contributed by atoms with E-state index in [0.29, 0.717) is 12.5 Å². The second kappa shape index (κ2) is 7.23. The highest BCUT2D eigenvalue weighted by molar-refractivity contribution is 5.31. The summed E-state index contributed by atoms with van der Waals surface area (Å²) in [6.45, 7) is 3.00. The number of aliphatic hydroxyl groups is 1. The lowest BCUT2D eigenvalue weighted by molar-refractivity contribution is -0.0541. The molecule has 0 amide bonds. The Balaban J connectivity index is 1.47. The third kappa shape index (κ3) is 3.61. The van der Waals surface area contributed by atoms with E-state index in [-0.39, 0.29) is 18.0 Å². The molecule has 0 radical (unpaired) electrons. The Morgan fingerprint density at radius 1 is 1.20 bits per heavy atom. The van der Waals surface area contributed by atoms with Crippen molar-refractivity contribution in [3.63, 3.8) is 0 Å². The van der Waals surface area contributed by atoms with Crippen molar-refractivity contribution in [2.45, 2.75) is 38.0 Å². The van der Waals surface area contributed by atoms with E-state index in [9.17, 15) is 9.50 Å². The lowest BCUT2D eigenvalue weighted by Gasteiger charge is -2.39. The third-order valence-corrected chi connectivity index (χ3v) is 5.41. The van der Waals surface area contributed by atoms with Crippen molar-refractivity contribution in [1.29, 1.82) is 0 Å². The molecule has 2 heterocycles. The van der Waals surface area contributed by atoms with Crippen LogP contribution in [0.15, 0.2) is 36.5 Å². The summed E-state index contributed by atoms with van der Waals surface area (Å²) in [6, 6.07) is 8.58. The third-order valence-electron chi connectivity index (χ3n) is 5.41. The van der Waals surface area contributed by atoms with Gasteiger partial charge in [-0.1, -0.05) is 6.42 Å². The number of aromatic nitrogens is 2. The fourth-order valence-corrected chi connectivity index (χ4v) is 4.06. The van der Waals surface area contributed by atoms with Gasteiger partial charge in [-0.25, -0.2) is 9.07 Å². The topological polar surface area (TPSA) is 50.5 Å². The number of morpholine rings is 1. The van der Waals surface area contributed by atoms with Crippen molar-refractivity contribution in [1.82, 2.24) is 14.7 Å². The average Bonchev–Trinajstić information content (AvgIpc) is 3.25. The molecule has 1 aromatic heterocycles. The zero-order chi connectivity index (χ0) is 17.2. The quantitative estimate of drug-likeness (QED) is 0.924. The summed E-state index contributed by atoms with van der Waals surface area (Å²) in [6.07, 6.45) is 4.74. The van der Waals surface area contributed by atoms with Crippen molar-refractivity contribution >= 4 is 0 Å². The molecular formula is C19H24FN3O2. The molecule has 5 nitrogen and oxygen atoms in total. The van der Waals surface area contributed by atoms with Gasteiger partial charge < -0.3 is 9.84 Å². The van der Waals surface area contributed by atoms with Gasteiger partial charge >= 0.3 is 0 Å². The highest BCUT2D eigenvalue weighted by Gasteiger charge is 2.37. The summed E-state index contributed by atoms with van der Waals surface area (Å²) in [4.78, 5) is 2.39. The van der Waals surface area contributed by atoms with Crippen LogP contribution in [0.3, 0.4) is 0 Å². The van der Waals surface area contributed by atoms with E-state index >= 15 is 0 Å². The standard InChI is InChI=1S/C19H24FN3O2/c20-14-4-6-16(7-5-14)23-9-8-15(21-23)12-22-10-11-25-13-18(22)17-2-1-3-19(17)24/h4-9,17-19,24H,1-3,10-13H2/t17-,18-,19-/m1/s1. The number of hydrogen-bond donors (Lipinski definition) is 1. The molecule has 0 unspecified atom stereocenters. The van der Waals surface area contributed by atoms with Crippen LogP contribution in [0.25, 0.3) is 5.69 Å². The molecule has 1 saturated carbocycles. The van der Waals surface area contributed by atoms with Crippen molar-refractivity contribution in [3.8, 4) is 5.69 Å². The van der Waals surface area contributed by atoms with Crippen LogP contribution in [-0.4, -0.2) is 51.7 Å². The molecule has 1 aliphatic carbocycles. The highest BCUT2D eigenvalue weighted by atomic mass is 19.1. The summed E-state index contributed by atoms with van der Waals surface area (Å²) in [5.74, 6) is 0.0434. The Hall–Kier alpha value is -1.76. The average molecular weight is 345 g/mol. The Morgan fingerprint density at radius 3 is 2.80 bits per heavy atom. The van der Waals surface area contributed by atoms with Gasteiger partial charge in [-0.3, -0.25) is 4.90 Å². The summed E-state index contributed by atoms with van der Waals surface area (Å²) >= 11 is 0. The number of hydrogen-bond acceptors (Lipinski definition) is 4. The van der Waals surface area contributed by atoms with E-state index in [1.807, 2.05) is 12.3 Å². The minimum Gasteiger partial charge on any atom is -0.393 e. The molecule has 3 atom stereocenters. The number of aliphatic hydroxyl groups excluding tert-OH is 1. The fourth-order valence-electron chi connectivity index (χ4n) is 4.06. The van der Waals surface area contributed by atoms with Crippen LogP contribution < -0.4 is 0 Å². The zero-order valence-electron chi connectivity index (χ0n) is 14.2. The van der Waals surface area contributed by atoms with Gasteiger partial charge in [-0.2, -0.15) is 5.10 Å². The maximum absolute atomic E-state index is 13.1. The van der Waals surface area contributed by atoms with Crippen LogP contribution in [0.1, 0.15) is 25.0 Å². The maximum atomic E-state index is 13.1. The van der Waals surface area contributed by atoms with E-state index < -0.39 is 0 Å². The van der Waals surface area contributed by atoms with Crippen LogP contribution in [0, 0.1) is 11.7 Å². The van der Waals surface area contributed by atoms with Crippen LogP contribution in [0.2, 0.25) is 0 Å². The number of halogens is 1. The summed E-state index contributed by atoms with van der Waals surface area (Å²) in [7, 11) is 0. The van der Waals surface area contributed by atoms with E-state index in [2.05, 4.69) is 10.00 Å². The van der Waals surface area contributed by atoms with Crippen LogP contribution >= 0.6 is 0 Å². The Morgan fingerprint density at radius 2 is 2.04 bits per heavy atom. The first-order valence-corrected chi connectivity index (χ1v) is 9.01. The minimum absolute atomic E-state index is 0.217. The molecule has 1 saturated heterocycles. The smallest absolute Gasteiger partial charge is 0.123 e. The van der Waals surface area contributed by atoms with Gasteiger partial charge in [0.05, 0.1) is 30.7 Å². The normalized spacial score (nSPS) is 27.7. The monoisotopic (exact) mass is 345 g/mol. The number of rotatable bonds is 4. The molecule has 2 aromatic rings. The van der Waals surface area contributed by atoms with Gasteiger partial charge in [0.25, 0.3) is 0 Å². The SMILES string of the molecule is O[C@@H]1CCC[C@@H]1[C@H]1COCCN1Cc1ccn(-c2ccc(F)cc2)n1. The maximum Gasteiger partial charge on any atom is 0.123 e. The largest absolute Gasteiger partial charge is 0.393 e. The molecule has 1 aromatic carbocycles. The molecule has 0 bridgehead atoms. The molecule has 0 spiro atoms. The van der Waals surface area contributed by atoms with Crippen molar-refractivity contribution in [2.24, 2.45) is 5.92 Å². The van der Waals surface area contributed by atoms with Gasteiger partial charge in [0, 0.05) is 31.2 Å². The van der Waals surface area contributed by atoms with Gasteiger partial charge in [0.15, 0.2) is 0 Å². The van der Waals surface area contributed by atoms with E-state index in [0.717, 1.165) is 50.3 Å². The summed E-state index contributed by atoms with van der Waals surface area (Å²) in [5.41, 5.74) is 1.82. The van der Waals surface area contributed by atoms with Crippen molar-refractivity contribution in [3.05, 3.63) is 48.0 Å². The first-order valence-electron chi connectivity index (χ1n) is 9.01. The predicted octanol–water partition coefficient (Wildman–Crippen LogP) is 2.37. The lowest BCUT2D eigenvalue weighted by Crippen LogP contribution is -2.50. The highest BCUT2D eigenvalue weighted by Crippen LogP contribution is 2.32. The van der Waals surface area contributed by atoms with Crippen LogP contribution in [0.5, 0.6) is 0 Å². The lowest BCUT2D eigenvalue weighted by atomic mass is 9.94. The van der Waals surface area contributed by atoms with Gasteiger partial charge in [0.2, 0.25) is 0 Å². The zero-order valence-corrected chi connectivity index (χ0v) is 14.2. The number of ether oxygens (including phenoxy) is 1. The Labute approximate surface area is 147 Å². The molecule has 2 fully saturated rings. The van der Waals surface area contributed by atoms with Gasteiger partial charge in [0.1, 0.15) is 5.82 Å². The summed E-state index contributed by atoms with van der Waals surface area (Å²) in [5, 5.41) is 14.9. The van der Waals surface area contributed by atoms with Crippen molar-refractivity contribution < 1.29 is 14.2 Å². The molecular weight excluding hydrogens is 321 g/mol. The second-order valence-corrected chi connectivity index (χ2v) is 7.00. The van der Waals surface area contributed by atoms with Crippen LogP contribution in [-0.2, 0) is 11.3 Å². The molecule has 2 aliphatic rings. The van der Waals surface area contributed by atoms with Gasteiger partial charge in [-0.15, -0.1) is 0 Å². The number of nitrogens with zero attached hydrogens (tertiary/aromatic N) is 3. The van der Waals surface area contributed by atoms with E-state index in [1.165, 1.54) is 12.1 Å².